The number of hydrogen-bond donors (Lipinski definition) is 0. The third kappa shape index (κ3) is 4.97. The summed E-state index contributed by atoms with van der Waals surface area (Å²) < 4.78 is 4.65. The fourth-order valence-electron chi connectivity index (χ4n) is 0.725. The van der Waals surface area contributed by atoms with Crippen molar-refractivity contribution in [1.29, 1.82) is 0 Å². The summed E-state index contributed by atoms with van der Waals surface area (Å²) in [5, 5.41) is 0. The standard InChI is InChI=1S/C10H9NO2.Nb/c1-2-13-10(12)6-5-9-4-3-7-11-8-9;/h3,5,7-8H,2H2,1H3;/q-2;+2. The molecule has 0 fully saturated rings. The molecular formula is C10H9NNbO2. The van der Waals surface area contributed by atoms with Gasteiger partial charge in [0.1, 0.15) is 0 Å². The van der Waals surface area contributed by atoms with Crippen LogP contribution in [0.1, 0.15) is 12.5 Å². The molecule has 1 rings (SSSR count). The molecule has 14 heavy (non-hydrogen) atoms. The first-order valence-electron chi connectivity index (χ1n) is 3.91. The van der Waals surface area contributed by atoms with Gasteiger partial charge in [0.15, 0.2) is 0 Å². The minimum Gasteiger partial charge on any atom is -0.477 e. The first-order chi connectivity index (χ1) is 6.33. The van der Waals surface area contributed by atoms with Crippen LogP contribution in [-0.4, -0.2) is 17.6 Å². The van der Waals surface area contributed by atoms with Gasteiger partial charge in [-0.1, -0.05) is 6.20 Å². The van der Waals surface area contributed by atoms with Crippen LogP contribution in [0, 0.1) is 12.1 Å². The minimum absolute atomic E-state index is 0. The number of nitrogens with zero attached hydrogens (tertiary/aromatic N) is 1. The molecule has 0 bridgehead atoms. The second kappa shape index (κ2) is 7.50. The zero-order valence-electron chi connectivity index (χ0n) is 7.73. The molecule has 1 radical (unpaired) electrons. The van der Waals surface area contributed by atoms with E-state index in [4.69, 9.17) is 0 Å². The predicted octanol–water partition coefficient (Wildman–Crippen LogP) is 1.26. The molecule has 0 aliphatic carbocycles. The SMILES string of the molecule is CCOC(=O)[C-]=Cc1[c-]ccnc1.[Nb+2]. The largest absolute Gasteiger partial charge is 2.00 e. The van der Waals surface area contributed by atoms with Crippen molar-refractivity contribution in [3.8, 4) is 0 Å². The Morgan fingerprint density at radius 2 is 2.57 bits per heavy atom. The molecule has 0 aromatic carbocycles. The average molecular weight is 268 g/mol. The van der Waals surface area contributed by atoms with Crippen LogP contribution in [0.3, 0.4) is 0 Å². The number of aromatic nitrogens is 1. The number of hydrogen-bond acceptors (Lipinski definition) is 3. The van der Waals surface area contributed by atoms with Crippen molar-refractivity contribution in [3.63, 3.8) is 0 Å². The predicted molar refractivity (Wildman–Crippen MR) is 47.4 cm³/mol. The summed E-state index contributed by atoms with van der Waals surface area (Å²) >= 11 is 0. The van der Waals surface area contributed by atoms with Gasteiger partial charge in [0, 0.05) is 0 Å². The Labute approximate surface area is 98.7 Å². The Morgan fingerprint density at radius 1 is 1.79 bits per heavy atom. The van der Waals surface area contributed by atoms with Gasteiger partial charge in [-0.05, 0) is 6.92 Å². The molecular weight excluding hydrogens is 259 g/mol. The molecule has 1 aromatic rings. The van der Waals surface area contributed by atoms with E-state index in [1.807, 2.05) is 0 Å². The van der Waals surface area contributed by atoms with Gasteiger partial charge in [-0.2, -0.15) is 0 Å². The third-order valence-electron chi connectivity index (χ3n) is 1.25. The van der Waals surface area contributed by atoms with Crippen LogP contribution in [0.4, 0.5) is 0 Å². The van der Waals surface area contributed by atoms with E-state index in [1.54, 1.807) is 25.4 Å². The Balaban J connectivity index is 0.00000169. The van der Waals surface area contributed by atoms with E-state index in [9.17, 15) is 4.79 Å². The van der Waals surface area contributed by atoms with Crippen molar-refractivity contribution in [2.45, 2.75) is 6.92 Å². The first kappa shape index (κ1) is 13.1. The van der Waals surface area contributed by atoms with Gasteiger partial charge in [-0.15, -0.1) is 12.3 Å². The molecule has 71 valence electrons. The van der Waals surface area contributed by atoms with Crippen LogP contribution >= 0.6 is 0 Å². The van der Waals surface area contributed by atoms with Crippen molar-refractivity contribution in [1.82, 2.24) is 4.98 Å². The molecule has 0 aliphatic heterocycles. The fraction of sp³-hybridized carbons (Fsp3) is 0.200. The van der Waals surface area contributed by atoms with Crippen LogP contribution in [0.2, 0.25) is 0 Å². The first-order valence-corrected chi connectivity index (χ1v) is 3.91. The molecule has 0 unspecified atom stereocenters. The minimum atomic E-state index is -0.472. The maximum Gasteiger partial charge on any atom is 2.00 e. The van der Waals surface area contributed by atoms with E-state index >= 15 is 0 Å². The Bertz CT molecular complexity index is 298. The normalized spacial score (nSPS) is 9.50. The zero-order valence-corrected chi connectivity index (χ0v) is 9.93. The zero-order chi connectivity index (χ0) is 9.52. The summed E-state index contributed by atoms with van der Waals surface area (Å²) in [5.41, 5.74) is 0.704. The summed E-state index contributed by atoms with van der Waals surface area (Å²) in [4.78, 5) is 14.7. The van der Waals surface area contributed by atoms with E-state index in [1.165, 1.54) is 6.08 Å². The summed E-state index contributed by atoms with van der Waals surface area (Å²) in [6.45, 7) is 2.10. The van der Waals surface area contributed by atoms with Gasteiger partial charge in [-0.3, -0.25) is 10.4 Å². The maximum atomic E-state index is 10.8. The van der Waals surface area contributed by atoms with Crippen molar-refractivity contribution in [2.24, 2.45) is 0 Å². The smallest absolute Gasteiger partial charge is 0.477 e. The topological polar surface area (TPSA) is 39.2 Å². The van der Waals surface area contributed by atoms with Gasteiger partial charge >= 0.3 is 22.4 Å². The van der Waals surface area contributed by atoms with Gasteiger partial charge in [-0.25, -0.2) is 12.1 Å². The van der Waals surface area contributed by atoms with Crippen molar-refractivity contribution in [2.75, 3.05) is 6.61 Å². The van der Waals surface area contributed by atoms with Gasteiger partial charge in [0.2, 0.25) is 5.97 Å². The van der Waals surface area contributed by atoms with Crippen LogP contribution in [0.15, 0.2) is 18.5 Å². The number of esters is 1. The average Bonchev–Trinajstić information content (AvgIpc) is 2.17. The van der Waals surface area contributed by atoms with Crippen LogP contribution < -0.4 is 0 Å². The molecule has 1 heterocycles. The van der Waals surface area contributed by atoms with Crippen LogP contribution in [0.5, 0.6) is 0 Å². The summed E-state index contributed by atoms with van der Waals surface area (Å²) in [5.74, 6) is -0.472. The van der Waals surface area contributed by atoms with Crippen LogP contribution in [-0.2, 0) is 31.9 Å². The van der Waals surface area contributed by atoms with Crippen LogP contribution in [0.25, 0.3) is 6.08 Å². The van der Waals surface area contributed by atoms with E-state index < -0.39 is 5.97 Å². The fourth-order valence-corrected chi connectivity index (χ4v) is 0.725. The van der Waals surface area contributed by atoms with Crippen molar-refractivity contribution >= 4 is 12.0 Å². The van der Waals surface area contributed by atoms with E-state index in [-0.39, 0.29) is 22.4 Å². The summed E-state index contributed by atoms with van der Waals surface area (Å²) in [6, 6.07) is 4.54. The summed E-state index contributed by atoms with van der Waals surface area (Å²) in [6.07, 6.45) is 7.14. The Morgan fingerprint density at radius 3 is 3.14 bits per heavy atom. The van der Waals surface area contributed by atoms with Crippen molar-refractivity contribution < 1.29 is 31.9 Å². The number of pyridine rings is 1. The molecule has 0 amide bonds. The molecule has 0 atom stereocenters. The quantitative estimate of drug-likeness (QED) is 0.358. The van der Waals surface area contributed by atoms with E-state index in [0.29, 0.717) is 12.2 Å². The van der Waals surface area contributed by atoms with Gasteiger partial charge in [0.25, 0.3) is 0 Å². The Kier molecular flexibility index (Phi) is 7.02. The molecule has 0 spiro atoms. The molecule has 0 aliphatic rings. The number of carbonyl (C=O) groups excluding carboxylic acids is 1. The number of ether oxygens (including phenoxy) is 1. The molecule has 0 N–H and O–H groups in total. The second-order valence-electron chi connectivity index (χ2n) is 2.20. The van der Waals surface area contributed by atoms with Gasteiger partial charge < -0.3 is 15.8 Å². The number of rotatable bonds is 3. The molecule has 3 nitrogen and oxygen atoms in total. The van der Waals surface area contributed by atoms with Crippen molar-refractivity contribution in [3.05, 3.63) is 36.2 Å². The van der Waals surface area contributed by atoms with Gasteiger partial charge in [0.05, 0.1) is 6.61 Å². The summed E-state index contributed by atoms with van der Waals surface area (Å²) in [7, 11) is 0. The molecule has 0 saturated heterocycles. The number of carbonyl (C=O) groups is 1. The monoisotopic (exact) mass is 268 g/mol. The second-order valence-corrected chi connectivity index (χ2v) is 2.20. The molecule has 0 saturated carbocycles. The third-order valence-corrected chi connectivity index (χ3v) is 1.25. The van der Waals surface area contributed by atoms with E-state index in [2.05, 4.69) is 21.9 Å². The molecule has 4 heteroatoms. The Hall–Kier alpha value is -0.900. The molecule has 1 aromatic heterocycles. The maximum absolute atomic E-state index is 10.8. The van der Waals surface area contributed by atoms with E-state index in [0.717, 1.165) is 0 Å².